The summed E-state index contributed by atoms with van der Waals surface area (Å²) in [5.74, 6) is -0.402. The molecule has 0 atom stereocenters. The number of aliphatic hydroxyl groups is 1. The molecule has 6 heteroatoms. The van der Waals surface area contributed by atoms with Gasteiger partial charge in [-0.15, -0.1) is 0 Å². The van der Waals surface area contributed by atoms with Gasteiger partial charge in [-0.1, -0.05) is 0 Å². The van der Waals surface area contributed by atoms with Crippen LogP contribution < -0.4 is 0 Å². The monoisotopic (exact) mass is 232 g/mol. The van der Waals surface area contributed by atoms with Gasteiger partial charge in [-0.2, -0.15) is 5.10 Å². The first-order valence-electron chi connectivity index (χ1n) is 5.01. The van der Waals surface area contributed by atoms with Crippen LogP contribution in [0.3, 0.4) is 0 Å². The molecule has 0 aromatic carbocycles. The highest BCUT2D eigenvalue weighted by Crippen LogP contribution is 2.14. The molecule has 0 fully saturated rings. The predicted molar refractivity (Wildman–Crippen MR) is 61.5 cm³/mol. The molecular formula is C11H12N4O2. The van der Waals surface area contributed by atoms with Crippen LogP contribution in [-0.4, -0.2) is 30.6 Å². The molecule has 6 nitrogen and oxygen atoms in total. The first-order chi connectivity index (χ1) is 8.08. The Balaban J connectivity index is 2.25. The van der Waals surface area contributed by atoms with E-state index in [1.807, 2.05) is 18.5 Å². The molecule has 0 amide bonds. The zero-order chi connectivity index (χ0) is 12.4. The second kappa shape index (κ2) is 4.25. The fourth-order valence-corrected chi connectivity index (χ4v) is 1.41. The van der Waals surface area contributed by atoms with E-state index in [1.165, 1.54) is 6.33 Å². The molecule has 0 spiro atoms. The summed E-state index contributed by atoms with van der Waals surface area (Å²) in [6.07, 6.45) is 4.11. The summed E-state index contributed by atoms with van der Waals surface area (Å²) in [4.78, 5) is 15.3. The Morgan fingerprint density at radius 3 is 2.88 bits per heavy atom. The van der Waals surface area contributed by atoms with Gasteiger partial charge in [0.1, 0.15) is 12.1 Å². The molecule has 0 bridgehead atoms. The molecule has 0 unspecified atom stereocenters. The molecule has 0 aliphatic rings. The Morgan fingerprint density at radius 2 is 2.35 bits per heavy atom. The number of ketones is 1. The second-order valence-corrected chi connectivity index (χ2v) is 3.71. The third-order valence-electron chi connectivity index (χ3n) is 2.47. The van der Waals surface area contributed by atoms with Crippen molar-refractivity contribution in [2.75, 3.05) is 0 Å². The lowest BCUT2D eigenvalue weighted by Crippen LogP contribution is -1.99. The first-order valence-corrected chi connectivity index (χ1v) is 5.01. The predicted octanol–water partition coefficient (Wildman–Crippen LogP) is 1.23. The van der Waals surface area contributed by atoms with Crippen LogP contribution in [0.2, 0.25) is 0 Å². The number of H-pyrrole nitrogens is 1. The molecule has 0 saturated carbocycles. The SMILES string of the molecule is Cc1cc(/C(O)=C/C(=O)c2ncn[nH]2)cn1C. The van der Waals surface area contributed by atoms with Crippen molar-refractivity contribution < 1.29 is 9.90 Å². The number of rotatable bonds is 3. The summed E-state index contributed by atoms with van der Waals surface area (Å²) in [6.45, 7) is 1.91. The quantitative estimate of drug-likeness (QED) is 0.473. The molecule has 2 aromatic rings. The van der Waals surface area contributed by atoms with E-state index in [4.69, 9.17) is 0 Å². The van der Waals surface area contributed by atoms with Crippen LogP contribution in [-0.2, 0) is 7.05 Å². The fourth-order valence-electron chi connectivity index (χ4n) is 1.41. The number of carbonyl (C=O) groups is 1. The third-order valence-corrected chi connectivity index (χ3v) is 2.47. The molecule has 2 rings (SSSR count). The van der Waals surface area contributed by atoms with E-state index in [1.54, 1.807) is 12.3 Å². The van der Waals surface area contributed by atoms with E-state index in [-0.39, 0.29) is 11.6 Å². The van der Waals surface area contributed by atoms with Crippen molar-refractivity contribution in [1.29, 1.82) is 0 Å². The average Bonchev–Trinajstić information content (AvgIpc) is 2.89. The van der Waals surface area contributed by atoms with E-state index in [9.17, 15) is 9.90 Å². The van der Waals surface area contributed by atoms with E-state index in [0.29, 0.717) is 5.56 Å². The Kier molecular flexibility index (Phi) is 2.78. The summed E-state index contributed by atoms with van der Waals surface area (Å²) in [5, 5.41) is 15.8. The molecule has 2 N–H and O–H groups in total. The van der Waals surface area contributed by atoms with Gasteiger partial charge in [-0.25, -0.2) is 4.98 Å². The number of aliphatic hydroxyl groups excluding tert-OH is 1. The molecule has 2 aromatic heterocycles. The van der Waals surface area contributed by atoms with Crippen molar-refractivity contribution >= 4 is 11.5 Å². The van der Waals surface area contributed by atoms with Crippen LogP contribution in [0.4, 0.5) is 0 Å². The topological polar surface area (TPSA) is 83.8 Å². The van der Waals surface area contributed by atoms with Crippen molar-refractivity contribution in [3.8, 4) is 0 Å². The summed E-state index contributed by atoms with van der Waals surface area (Å²) in [6, 6.07) is 1.79. The lowest BCUT2D eigenvalue weighted by atomic mass is 10.2. The minimum atomic E-state index is -0.415. The van der Waals surface area contributed by atoms with Crippen LogP contribution in [0.25, 0.3) is 5.76 Å². The van der Waals surface area contributed by atoms with Crippen molar-refractivity contribution in [2.24, 2.45) is 7.05 Å². The number of nitrogens with zero attached hydrogens (tertiary/aromatic N) is 3. The molecule has 2 heterocycles. The van der Waals surface area contributed by atoms with E-state index >= 15 is 0 Å². The Bertz CT molecular complexity index is 547. The van der Waals surface area contributed by atoms with Gasteiger partial charge in [0.05, 0.1) is 0 Å². The van der Waals surface area contributed by atoms with Crippen molar-refractivity contribution in [3.05, 3.63) is 41.7 Å². The zero-order valence-corrected chi connectivity index (χ0v) is 9.51. The number of allylic oxidation sites excluding steroid dienone is 1. The van der Waals surface area contributed by atoms with Crippen LogP contribution >= 0.6 is 0 Å². The highest BCUT2D eigenvalue weighted by Gasteiger charge is 2.10. The molecular weight excluding hydrogens is 220 g/mol. The molecule has 0 aliphatic heterocycles. The summed E-state index contributed by atoms with van der Waals surface area (Å²) in [5.41, 5.74) is 1.59. The highest BCUT2D eigenvalue weighted by molar-refractivity contribution is 6.05. The van der Waals surface area contributed by atoms with E-state index in [0.717, 1.165) is 11.8 Å². The minimum absolute atomic E-state index is 0.0879. The number of hydrogen-bond donors (Lipinski definition) is 2. The van der Waals surface area contributed by atoms with Gasteiger partial charge in [0, 0.05) is 30.6 Å². The molecule has 0 radical (unpaired) electrons. The Morgan fingerprint density at radius 1 is 1.59 bits per heavy atom. The van der Waals surface area contributed by atoms with Crippen LogP contribution in [0.5, 0.6) is 0 Å². The standard InChI is InChI=1S/C11H12N4O2/c1-7-3-8(5-15(7)2)9(16)4-10(17)11-12-6-13-14-11/h3-6,16H,1-2H3,(H,12,13,14)/b9-4-. The van der Waals surface area contributed by atoms with Gasteiger partial charge in [0.15, 0.2) is 5.82 Å². The van der Waals surface area contributed by atoms with Crippen molar-refractivity contribution in [2.45, 2.75) is 6.92 Å². The molecule has 17 heavy (non-hydrogen) atoms. The Hall–Kier alpha value is -2.37. The summed E-state index contributed by atoms with van der Waals surface area (Å²) in [7, 11) is 1.87. The van der Waals surface area contributed by atoms with Crippen LogP contribution in [0.1, 0.15) is 21.9 Å². The second-order valence-electron chi connectivity index (χ2n) is 3.71. The van der Waals surface area contributed by atoms with Gasteiger partial charge in [0.2, 0.25) is 5.78 Å². The smallest absolute Gasteiger partial charge is 0.226 e. The number of aryl methyl sites for hydroxylation is 2. The number of hydrogen-bond acceptors (Lipinski definition) is 4. The maximum absolute atomic E-state index is 11.6. The van der Waals surface area contributed by atoms with E-state index in [2.05, 4.69) is 15.2 Å². The number of carbonyl (C=O) groups excluding carboxylic acids is 1. The molecule has 0 aliphatic carbocycles. The lowest BCUT2D eigenvalue weighted by molar-refractivity contribution is 0.103. The van der Waals surface area contributed by atoms with Crippen molar-refractivity contribution in [3.63, 3.8) is 0 Å². The average molecular weight is 232 g/mol. The number of aromatic amines is 1. The largest absolute Gasteiger partial charge is 0.507 e. The molecule has 0 saturated heterocycles. The maximum Gasteiger partial charge on any atom is 0.226 e. The zero-order valence-electron chi connectivity index (χ0n) is 9.51. The lowest BCUT2D eigenvalue weighted by Gasteiger charge is -1.94. The fraction of sp³-hybridized carbons (Fsp3) is 0.182. The van der Waals surface area contributed by atoms with Gasteiger partial charge in [0.25, 0.3) is 0 Å². The minimum Gasteiger partial charge on any atom is -0.507 e. The van der Waals surface area contributed by atoms with Gasteiger partial charge < -0.3 is 9.67 Å². The summed E-state index contributed by atoms with van der Waals surface area (Å²) >= 11 is 0. The third kappa shape index (κ3) is 2.25. The van der Waals surface area contributed by atoms with Gasteiger partial charge >= 0.3 is 0 Å². The summed E-state index contributed by atoms with van der Waals surface area (Å²) < 4.78 is 1.86. The van der Waals surface area contributed by atoms with Gasteiger partial charge in [-0.05, 0) is 13.0 Å². The normalized spacial score (nSPS) is 11.8. The number of nitrogens with one attached hydrogen (secondary N) is 1. The maximum atomic E-state index is 11.6. The Labute approximate surface area is 97.6 Å². The van der Waals surface area contributed by atoms with Gasteiger partial charge in [-0.3, -0.25) is 9.89 Å². The molecule has 88 valence electrons. The number of aromatic nitrogens is 4. The highest BCUT2D eigenvalue weighted by atomic mass is 16.3. The van der Waals surface area contributed by atoms with Crippen LogP contribution in [0.15, 0.2) is 24.7 Å². The van der Waals surface area contributed by atoms with E-state index < -0.39 is 5.78 Å². The van der Waals surface area contributed by atoms with Crippen LogP contribution in [0, 0.1) is 6.92 Å². The van der Waals surface area contributed by atoms with Crippen molar-refractivity contribution in [1.82, 2.24) is 19.7 Å². The first kappa shape index (κ1) is 11.1.